The summed E-state index contributed by atoms with van der Waals surface area (Å²) in [6.45, 7) is 1.92. The van der Waals surface area contributed by atoms with Crippen molar-refractivity contribution in [2.45, 2.75) is 6.92 Å². The van der Waals surface area contributed by atoms with Crippen molar-refractivity contribution in [1.29, 1.82) is 0 Å². The molecule has 2 rings (SSSR count). The van der Waals surface area contributed by atoms with Crippen LogP contribution in [0.5, 0.6) is 0 Å². The highest BCUT2D eigenvalue weighted by Crippen LogP contribution is 2.12. The number of nitrogens with zero attached hydrogens (tertiary/aromatic N) is 1. The van der Waals surface area contributed by atoms with Crippen molar-refractivity contribution in [2.75, 3.05) is 5.32 Å². The molecule has 20 heavy (non-hydrogen) atoms. The highest BCUT2D eigenvalue weighted by atomic mass is 127. The minimum absolute atomic E-state index is 0.233. The molecular formula is C14H12IN3OS. The molecule has 1 aromatic carbocycles. The van der Waals surface area contributed by atoms with E-state index < -0.39 is 0 Å². The second-order valence-corrected chi connectivity index (χ2v) is 5.63. The normalized spacial score (nSPS) is 9.90. The number of amides is 1. The summed E-state index contributed by atoms with van der Waals surface area (Å²) >= 11 is 7.24. The van der Waals surface area contributed by atoms with Crippen LogP contribution in [0, 0.1) is 10.5 Å². The van der Waals surface area contributed by atoms with Gasteiger partial charge in [0.2, 0.25) is 0 Å². The summed E-state index contributed by atoms with van der Waals surface area (Å²) in [5, 5.41) is 5.80. The second-order valence-electron chi connectivity index (χ2n) is 4.06. The Labute approximate surface area is 136 Å². The first-order valence-corrected chi connectivity index (χ1v) is 7.35. The van der Waals surface area contributed by atoms with E-state index in [0.717, 1.165) is 9.13 Å². The molecular weight excluding hydrogens is 385 g/mol. The van der Waals surface area contributed by atoms with E-state index in [0.29, 0.717) is 11.4 Å². The molecule has 0 aliphatic rings. The number of carbonyl (C=O) groups is 1. The Morgan fingerprint density at radius 3 is 2.70 bits per heavy atom. The molecule has 0 bridgehead atoms. The Morgan fingerprint density at radius 1 is 1.25 bits per heavy atom. The van der Waals surface area contributed by atoms with E-state index in [1.807, 2.05) is 37.3 Å². The largest absolute Gasteiger partial charge is 0.317 e. The first kappa shape index (κ1) is 14.9. The molecule has 1 heterocycles. The van der Waals surface area contributed by atoms with Gasteiger partial charge in [0.05, 0.1) is 5.56 Å². The lowest BCUT2D eigenvalue weighted by Crippen LogP contribution is -2.34. The average molecular weight is 397 g/mol. The molecule has 0 aliphatic heterocycles. The van der Waals surface area contributed by atoms with Crippen LogP contribution >= 0.6 is 34.8 Å². The van der Waals surface area contributed by atoms with Crippen LogP contribution in [-0.4, -0.2) is 16.0 Å². The van der Waals surface area contributed by atoms with Gasteiger partial charge in [0.15, 0.2) is 5.11 Å². The average Bonchev–Trinajstić information content (AvgIpc) is 2.41. The van der Waals surface area contributed by atoms with Crippen molar-refractivity contribution in [3.8, 4) is 0 Å². The van der Waals surface area contributed by atoms with Crippen molar-refractivity contribution >= 4 is 51.6 Å². The molecule has 6 heteroatoms. The van der Waals surface area contributed by atoms with E-state index in [4.69, 9.17) is 12.2 Å². The van der Waals surface area contributed by atoms with Crippen molar-refractivity contribution in [3.05, 3.63) is 57.3 Å². The van der Waals surface area contributed by atoms with Gasteiger partial charge in [-0.25, -0.2) is 4.98 Å². The Balaban J connectivity index is 2.04. The number of pyridine rings is 1. The third-order valence-corrected chi connectivity index (χ3v) is 3.73. The molecule has 0 fully saturated rings. The Bertz CT molecular complexity index is 660. The molecule has 0 spiro atoms. The highest BCUT2D eigenvalue weighted by molar-refractivity contribution is 14.1. The smallest absolute Gasteiger partial charge is 0.258 e. The van der Waals surface area contributed by atoms with Gasteiger partial charge in [-0.1, -0.05) is 18.2 Å². The fraction of sp³-hybridized carbons (Fsp3) is 0.0714. The predicted molar refractivity (Wildman–Crippen MR) is 91.8 cm³/mol. The summed E-state index contributed by atoms with van der Waals surface area (Å²) in [5.74, 6) is 0.404. The summed E-state index contributed by atoms with van der Waals surface area (Å²) in [6, 6.07) is 11.1. The molecule has 0 unspecified atom stereocenters. The number of rotatable bonds is 2. The molecule has 1 aromatic heterocycles. The molecule has 0 saturated heterocycles. The third kappa shape index (κ3) is 3.73. The van der Waals surface area contributed by atoms with Crippen molar-refractivity contribution in [1.82, 2.24) is 10.3 Å². The van der Waals surface area contributed by atoms with Gasteiger partial charge in [-0.2, -0.15) is 0 Å². The lowest BCUT2D eigenvalue weighted by molar-refractivity contribution is 0.0977. The maximum atomic E-state index is 12.1. The molecule has 2 aromatic rings. The summed E-state index contributed by atoms with van der Waals surface area (Å²) in [6.07, 6.45) is 1.67. The maximum Gasteiger partial charge on any atom is 0.258 e. The molecule has 0 aliphatic carbocycles. The van der Waals surface area contributed by atoms with Crippen molar-refractivity contribution < 1.29 is 4.79 Å². The van der Waals surface area contributed by atoms with Gasteiger partial charge in [-0.05, 0) is 65.5 Å². The van der Waals surface area contributed by atoms with Crippen LogP contribution in [0.4, 0.5) is 5.82 Å². The van der Waals surface area contributed by atoms with Crippen LogP contribution in [0.25, 0.3) is 0 Å². The van der Waals surface area contributed by atoms with E-state index in [2.05, 4.69) is 38.2 Å². The summed E-state index contributed by atoms with van der Waals surface area (Å²) in [7, 11) is 0. The van der Waals surface area contributed by atoms with Gasteiger partial charge in [0.25, 0.3) is 5.91 Å². The third-order valence-electron chi connectivity index (χ3n) is 2.59. The van der Waals surface area contributed by atoms with E-state index in [1.165, 1.54) is 0 Å². The molecule has 4 nitrogen and oxygen atoms in total. The number of carbonyl (C=O) groups excluding carboxylic acids is 1. The lowest BCUT2D eigenvalue weighted by atomic mass is 10.2. The van der Waals surface area contributed by atoms with Crippen molar-refractivity contribution in [2.24, 2.45) is 0 Å². The highest BCUT2D eigenvalue weighted by Gasteiger charge is 2.11. The van der Waals surface area contributed by atoms with Gasteiger partial charge in [0.1, 0.15) is 5.82 Å². The quantitative estimate of drug-likeness (QED) is 0.604. The predicted octanol–water partition coefficient (Wildman–Crippen LogP) is 3.12. The van der Waals surface area contributed by atoms with E-state index in [1.54, 1.807) is 12.3 Å². The first-order valence-electron chi connectivity index (χ1n) is 5.86. The standard InChI is InChI=1S/C14H12IN3OS/c1-9-5-4-8-16-12(9)17-14(20)18-13(19)10-6-2-3-7-11(10)15/h2-8H,1H3,(H2,16,17,18,19,20). The molecule has 2 N–H and O–H groups in total. The zero-order chi connectivity index (χ0) is 14.5. The number of halogens is 1. The fourth-order valence-corrected chi connectivity index (χ4v) is 2.39. The molecule has 102 valence electrons. The summed E-state index contributed by atoms with van der Waals surface area (Å²) in [4.78, 5) is 16.3. The topological polar surface area (TPSA) is 54.0 Å². The fourth-order valence-electron chi connectivity index (χ4n) is 1.57. The molecule has 0 atom stereocenters. The Morgan fingerprint density at radius 2 is 2.00 bits per heavy atom. The minimum atomic E-state index is -0.235. The van der Waals surface area contributed by atoms with E-state index in [-0.39, 0.29) is 11.0 Å². The molecule has 0 saturated carbocycles. The number of aromatic nitrogens is 1. The number of anilines is 1. The number of aryl methyl sites for hydroxylation is 1. The monoisotopic (exact) mass is 397 g/mol. The van der Waals surface area contributed by atoms with Gasteiger partial charge in [-0.3, -0.25) is 10.1 Å². The Kier molecular flexibility index (Phi) is 5.02. The molecule has 1 amide bonds. The SMILES string of the molecule is Cc1cccnc1NC(=S)NC(=O)c1ccccc1I. The molecule has 0 radical (unpaired) electrons. The van der Waals surface area contributed by atoms with Crippen LogP contribution in [0.15, 0.2) is 42.6 Å². The first-order chi connectivity index (χ1) is 9.58. The number of hydrogen-bond donors (Lipinski definition) is 2. The van der Waals surface area contributed by atoms with Crippen LogP contribution in [-0.2, 0) is 0 Å². The van der Waals surface area contributed by atoms with E-state index in [9.17, 15) is 4.79 Å². The summed E-state index contributed by atoms with van der Waals surface area (Å²) in [5.41, 5.74) is 1.55. The number of nitrogens with one attached hydrogen (secondary N) is 2. The zero-order valence-electron chi connectivity index (χ0n) is 10.7. The Hall–Kier alpha value is -1.54. The second kappa shape index (κ2) is 6.76. The zero-order valence-corrected chi connectivity index (χ0v) is 13.7. The van der Waals surface area contributed by atoms with Gasteiger partial charge >= 0.3 is 0 Å². The van der Waals surface area contributed by atoms with Crippen LogP contribution in [0.3, 0.4) is 0 Å². The summed E-state index contributed by atoms with van der Waals surface area (Å²) < 4.78 is 0.874. The van der Waals surface area contributed by atoms with Crippen LogP contribution in [0.1, 0.15) is 15.9 Å². The minimum Gasteiger partial charge on any atom is -0.317 e. The number of hydrogen-bond acceptors (Lipinski definition) is 3. The van der Waals surface area contributed by atoms with Crippen molar-refractivity contribution in [3.63, 3.8) is 0 Å². The van der Waals surface area contributed by atoms with Gasteiger partial charge in [0, 0.05) is 9.77 Å². The van der Waals surface area contributed by atoms with Gasteiger partial charge < -0.3 is 5.32 Å². The number of thiocarbonyl (C=S) groups is 1. The van der Waals surface area contributed by atoms with E-state index >= 15 is 0 Å². The maximum absolute atomic E-state index is 12.1. The van der Waals surface area contributed by atoms with Gasteiger partial charge in [-0.15, -0.1) is 0 Å². The van der Waals surface area contributed by atoms with Crippen LogP contribution < -0.4 is 10.6 Å². The lowest BCUT2D eigenvalue weighted by Gasteiger charge is -2.11. The number of benzene rings is 1. The van der Waals surface area contributed by atoms with Crippen LogP contribution in [0.2, 0.25) is 0 Å².